The topological polar surface area (TPSA) is 38.9 Å². The molecular formula is C7H5BrN2OS. The van der Waals surface area contributed by atoms with E-state index in [4.69, 9.17) is 4.52 Å². The summed E-state index contributed by atoms with van der Waals surface area (Å²) in [6.07, 6.45) is 0. The Morgan fingerprint density at radius 2 is 2.42 bits per heavy atom. The van der Waals surface area contributed by atoms with Crippen LogP contribution in [0.1, 0.15) is 5.82 Å². The van der Waals surface area contributed by atoms with E-state index in [0.717, 1.165) is 9.35 Å². The van der Waals surface area contributed by atoms with Crippen molar-refractivity contribution in [3.63, 3.8) is 0 Å². The molecular weight excluding hydrogens is 240 g/mol. The van der Waals surface area contributed by atoms with Gasteiger partial charge in [-0.05, 0) is 34.3 Å². The highest BCUT2D eigenvalue weighted by atomic mass is 79.9. The Bertz CT molecular complexity index is 396. The summed E-state index contributed by atoms with van der Waals surface area (Å²) in [4.78, 5) is 4.11. The highest BCUT2D eigenvalue weighted by Crippen LogP contribution is 2.31. The molecule has 0 saturated heterocycles. The number of hydrogen-bond acceptors (Lipinski definition) is 4. The lowest BCUT2D eigenvalue weighted by molar-refractivity contribution is 0.425. The van der Waals surface area contributed by atoms with Gasteiger partial charge in [-0.3, -0.25) is 0 Å². The second kappa shape index (κ2) is 2.99. The van der Waals surface area contributed by atoms with E-state index < -0.39 is 0 Å². The van der Waals surface area contributed by atoms with E-state index >= 15 is 0 Å². The molecule has 0 unspecified atom stereocenters. The number of aryl methyl sites for hydroxylation is 1. The minimum atomic E-state index is 0.570. The van der Waals surface area contributed by atoms with Crippen molar-refractivity contribution in [1.82, 2.24) is 10.1 Å². The van der Waals surface area contributed by atoms with Crippen molar-refractivity contribution < 1.29 is 4.52 Å². The molecule has 12 heavy (non-hydrogen) atoms. The van der Waals surface area contributed by atoms with Crippen LogP contribution in [0, 0.1) is 6.92 Å². The van der Waals surface area contributed by atoms with Gasteiger partial charge in [-0.25, -0.2) is 0 Å². The molecule has 0 aromatic carbocycles. The summed E-state index contributed by atoms with van der Waals surface area (Å²) in [5.74, 6) is 1.23. The number of thiophene rings is 1. The van der Waals surface area contributed by atoms with Crippen LogP contribution in [0.4, 0.5) is 0 Å². The molecule has 0 amide bonds. The number of rotatable bonds is 1. The number of nitrogens with zero attached hydrogens (tertiary/aromatic N) is 2. The molecule has 0 saturated carbocycles. The molecule has 2 aromatic rings. The maximum Gasteiger partial charge on any atom is 0.259 e. The average molecular weight is 245 g/mol. The summed E-state index contributed by atoms with van der Waals surface area (Å²) >= 11 is 5.00. The van der Waals surface area contributed by atoms with Crippen LogP contribution < -0.4 is 0 Å². The van der Waals surface area contributed by atoms with Gasteiger partial charge in [0, 0.05) is 0 Å². The molecule has 0 aliphatic heterocycles. The molecule has 2 rings (SSSR count). The first-order chi connectivity index (χ1) is 5.77. The zero-order valence-corrected chi connectivity index (χ0v) is 8.65. The van der Waals surface area contributed by atoms with Gasteiger partial charge in [0.25, 0.3) is 5.89 Å². The Kier molecular flexibility index (Phi) is 1.98. The Morgan fingerprint density at radius 1 is 1.58 bits per heavy atom. The Morgan fingerprint density at radius 3 is 2.92 bits per heavy atom. The van der Waals surface area contributed by atoms with Crippen molar-refractivity contribution in [2.45, 2.75) is 6.92 Å². The van der Waals surface area contributed by atoms with Gasteiger partial charge < -0.3 is 4.52 Å². The third kappa shape index (κ3) is 1.30. The molecule has 0 N–H and O–H groups in total. The quantitative estimate of drug-likeness (QED) is 0.775. The lowest BCUT2D eigenvalue weighted by atomic mass is 10.3. The first kappa shape index (κ1) is 7.94. The summed E-state index contributed by atoms with van der Waals surface area (Å²) < 4.78 is 6.02. The minimum Gasteiger partial charge on any atom is -0.334 e. The van der Waals surface area contributed by atoms with Crippen molar-refractivity contribution in [2.24, 2.45) is 0 Å². The first-order valence-electron chi connectivity index (χ1n) is 3.31. The molecule has 0 spiro atoms. The van der Waals surface area contributed by atoms with Crippen LogP contribution in [0.2, 0.25) is 0 Å². The van der Waals surface area contributed by atoms with E-state index in [1.807, 2.05) is 11.4 Å². The van der Waals surface area contributed by atoms with Crippen molar-refractivity contribution in [3.8, 4) is 11.5 Å². The molecule has 2 aromatic heterocycles. The predicted molar refractivity (Wildman–Crippen MR) is 50.0 cm³/mol. The van der Waals surface area contributed by atoms with Crippen molar-refractivity contribution in [2.75, 3.05) is 0 Å². The van der Waals surface area contributed by atoms with Crippen LogP contribution in [0.15, 0.2) is 19.8 Å². The van der Waals surface area contributed by atoms with Crippen LogP contribution in [-0.4, -0.2) is 10.1 Å². The highest BCUT2D eigenvalue weighted by molar-refractivity contribution is 9.11. The van der Waals surface area contributed by atoms with Crippen molar-refractivity contribution >= 4 is 27.3 Å². The molecule has 5 heteroatoms. The second-order valence-corrected chi connectivity index (χ2v) is 4.49. The predicted octanol–water partition coefficient (Wildman–Crippen LogP) is 2.87. The molecule has 0 aliphatic carbocycles. The summed E-state index contributed by atoms with van der Waals surface area (Å²) in [6, 6.07) is 1.95. The number of aromatic nitrogens is 2. The van der Waals surface area contributed by atoms with Gasteiger partial charge in [-0.15, -0.1) is 11.3 Å². The Hall–Kier alpha value is -0.680. The zero-order valence-electron chi connectivity index (χ0n) is 6.24. The highest BCUT2D eigenvalue weighted by Gasteiger charge is 2.10. The van der Waals surface area contributed by atoms with Gasteiger partial charge >= 0.3 is 0 Å². The third-order valence-electron chi connectivity index (χ3n) is 1.38. The largest absolute Gasteiger partial charge is 0.334 e. The molecule has 3 nitrogen and oxygen atoms in total. The normalized spacial score (nSPS) is 10.5. The van der Waals surface area contributed by atoms with Gasteiger partial charge in [-0.2, -0.15) is 4.98 Å². The molecule has 2 heterocycles. The van der Waals surface area contributed by atoms with Crippen molar-refractivity contribution in [3.05, 3.63) is 21.1 Å². The number of halogens is 1. The first-order valence-corrected chi connectivity index (χ1v) is 4.98. The SMILES string of the molecule is Cc1noc(-c2ccsc2Br)n1. The standard InChI is InChI=1S/C7H5BrN2OS/c1-4-9-7(11-10-4)5-2-3-12-6(5)8/h2-3H,1H3. The lowest BCUT2D eigenvalue weighted by Gasteiger charge is -1.86. The molecule has 0 fully saturated rings. The summed E-state index contributed by atoms with van der Waals surface area (Å²) in [5, 5.41) is 5.68. The van der Waals surface area contributed by atoms with E-state index in [9.17, 15) is 0 Å². The fourth-order valence-corrected chi connectivity index (χ4v) is 2.08. The number of hydrogen-bond donors (Lipinski definition) is 0. The lowest BCUT2D eigenvalue weighted by Crippen LogP contribution is -1.74. The summed E-state index contributed by atoms with van der Waals surface area (Å²) in [6.45, 7) is 1.80. The zero-order chi connectivity index (χ0) is 8.55. The summed E-state index contributed by atoms with van der Waals surface area (Å²) in [5.41, 5.74) is 0.959. The van der Waals surface area contributed by atoms with E-state index in [1.165, 1.54) is 0 Å². The van der Waals surface area contributed by atoms with Crippen LogP contribution >= 0.6 is 27.3 Å². The van der Waals surface area contributed by atoms with E-state index in [0.29, 0.717) is 11.7 Å². The van der Waals surface area contributed by atoms with Gasteiger partial charge in [0.1, 0.15) is 0 Å². The van der Waals surface area contributed by atoms with Crippen LogP contribution in [0.25, 0.3) is 11.5 Å². The smallest absolute Gasteiger partial charge is 0.259 e. The van der Waals surface area contributed by atoms with Crippen LogP contribution in [0.5, 0.6) is 0 Å². The van der Waals surface area contributed by atoms with Crippen LogP contribution in [-0.2, 0) is 0 Å². The maximum atomic E-state index is 5.01. The molecule has 0 aliphatic rings. The van der Waals surface area contributed by atoms with Gasteiger partial charge in [0.2, 0.25) is 0 Å². The third-order valence-corrected chi connectivity index (χ3v) is 3.06. The van der Waals surface area contributed by atoms with Crippen molar-refractivity contribution in [1.29, 1.82) is 0 Å². The average Bonchev–Trinajstić information content (AvgIpc) is 2.58. The fraction of sp³-hybridized carbons (Fsp3) is 0.143. The fourth-order valence-electron chi connectivity index (χ4n) is 0.853. The van der Waals surface area contributed by atoms with Gasteiger partial charge in [0.05, 0.1) is 9.35 Å². The van der Waals surface area contributed by atoms with Crippen LogP contribution in [0.3, 0.4) is 0 Å². The van der Waals surface area contributed by atoms with E-state index in [1.54, 1.807) is 18.3 Å². The molecule has 0 radical (unpaired) electrons. The minimum absolute atomic E-state index is 0.570. The maximum absolute atomic E-state index is 5.01. The van der Waals surface area contributed by atoms with Gasteiger partial charge in [0.15, 0.2) is 5.82 Å². The molecule has 0 atom stereocenters. The molecule has 62 valence electrons. The monoisotopic (exact) mass is 244 g/mol. The van der Waals surface area contributed by atoms with E-state index in [2.05, 4.69) is 26.1 Å². The molecule has 0 bridgehead atoms. The summed E-state index contributed by atoms with van der Waals surface area (Å²) in [7, 11) is 0. The van der Waals surface area contributed by atoms with E-state index in [-0.39, 0.29) is 0 Å². The Labute approximate surface area is 81.5 Å². The second-order valence-electron chi connectivity index (χ2n) is 2.25. The Balaban J connectivity index is 2.50. The van der Waals surface area contributed by atoms with Gasteiger partial charge in [-0.1, -0.05) is 5.16 Å².